The van der Waals surface area contributed by atoms with Crippen molar-refractivity contribution in [3.63, 3.8) is 0 Å². The second kappa shape index (κ2) is 4.89. The maximum atomic E-state index is 9.79. The maximum Gasteiger partial charge on any atom is 0.147 e. The molecule has 0 atom stereocenters. The number of likely N-dealkylation sites (N-methyl/N-ethyl adjacent to an activating group) is 1. The van der Waals surface area contributed by atoms with Crippen LogP contribution in [0.25, 0.3) is 0 Å². The van der Waals surface area contributed by atoms with Crippen molar-refractivity contribution >= 4 is 23.1 Å². The Morgan fingerprint density at radius 3 is 2.62 bits per heavy atom. The Morgan fingerprint density at radius 2 is 2.19 bits per heavy atom. The van der Waals surface area contributed by atoms with Crippen LogP contribution in [0.4, 0.5) is 11.5 Å². The average Bonchev–Trinajstić information content (AvgIpc) is 2.13. The lowest BCUT2D eigenvalue weighted by atomic mass is 10.1. The fourth-order valence-electron chi connectivity index (χ4n) is 1.48. The van der Waals surface area contributed by atoms with E-state index in [1.807, 2.05) is 11.8 Å². The molecule has 0 bridgehead atoms. The molecule has 0 saturated carbocycles. The number of aliphatic hydroxyl groups is 1. The van der Waals surface area contributed by atoms with Crippen LogP contribution >= 0.6 is 11.6 Å². The minimum Gasteiger partial charge on any atom is -0.397 e. The van der Waals surface area contributed by atoms with E-state index in [-0.39, 0.29) is 0 Å². The molecular formula is C11H18ClN3O. The van der Waals surface area contributed by atoms with Crippen molar-refractivity contribution in [3.8, 4) is 0 Å². The number of halogens is 1. The summed E-state index contributed by atoms with van der Waals surface area (Å²) in [5.41, 5.74) is 5.33. The Morgan fingerprint density at radius 1 is 1.56 bits per heavy atom. The van der Waals surface area contributed by atoms with E-state index in [2.05, 4.69) is 4.98 Å². The third-order valence-electron chi connectivity index (χ3n) is 2.10. The molecule has 0 aliphatic heterocycles. The molecule has 0 aliphatic rings. The second-order valence-corrected chi connectivity index (χ2v) is 4.81. The highest BCUT2D eigenvalue weighted by molar-refractivity contribution is 6.33. The molecule has 0 fully saturated rings. The van der Waals surface area contributed by atoms with Gasteiger partial charge in [-0.05, 0) is 26.8 Å². The van der Waals surface area contributed by atoms with Gasteiger partial charge in [0.1, 0.15) is 5.82 Å². The molecule has 0 unspecified atom stereocenters. The van der Waals surface area contributed by atoms with Gasteiger partial charge in [-0.3, -0.25) is 0 Å². The van der Waals surface area contributed by atoms with E-state index in [4.69, 9.17) is 17.3 Å². The van der Waals surface area contributed by atoms with Gasteiger partial charge in [-0.15, -0.1) is 0 Å². The molecule has 1 rings (SSSR count). The SMILES string of the molecule is CCN(CC(C)(C)O)c1ncc(N)cc1Cl. The summed E-state index contributed by atoms with van der Waals surface area (Å²) in [4.78, 5) is 6.11. The number of nitrogens with two attached hydrogens (primary N) is 1. The summed E-state index contributed by atoms with van der Waals surface area (Å²) in [5, 5.41) is 10.3. The van der Waals surface area contributed by atoms with E-state index in [0.29, 0.717) is 23.1 Å². The first-order chi connectivity index (χ1) is 7.33. The number of hydrogen-bond donors (Lipinski definition) is 2. The van der Waals surface area contributed by atoms with Gasteiger partial charge >= 0.3 is 0 Å². The summed E-state index contributed by atoms with van der Waals surface area (Å²) < 4.78 is 0. The smallest absolute Gasteiger partial charge is 0.147 e. The number of aromatic nitrogens is 1. The van der Waals surface area contributed by atoms with Crippen LogP contribution in [-0.2, 0) is 0 Å². The normalized spacial score (nSPS) is 11.6. The molecule has 4 nitrogen and oxygen atoms in total. The second-order valence-electron chi connectivity index (χ2n) is 4.40. The Bertz CT molecular complexity index is 363. The molecule has 3 N–H and O–H groups in total. The number of rotatable bonds is 4. The van der Waals surface area contributed by atoms with Gasteiger partial charge in [0.15, 0.2) is 0 Å². The zero-order chi connectivity index (χ0) is 12.3. The van der Waals surface area contributed by atoms with Crippen LogP contribution in [0.1, 0.15) is 20.8 Å². The van der Waals surface area contributed by atoms with Gasteiger partial charge in [0, 0.05) is 13.1 Å². The van der Waals surface area contributed by atoms with Crippen LogP contribution in [0.15, 0.2) is 12.3 Å². The van der Waals surface area contributed by atoms with Gasteiger partial charge in [-0.2, -0.15) is 0 Å². The van der Waals surface area contributed by atoms with Gasteiger partial charge in [-0.1, -0.05) is 11.6 Å². The van der Waals surface area contributed by atoms with Crippen molar-refractivity contribution < 1.29 is 5.11 Å². The fourth-order valence-corrected chi connectivity index (χ4v) is 1.78. The minimum atomic E-state index is -0.789. The van der Waals surface area contributed by atoms with Crippen molar-refractivity contribution in [2.24, 2.45) is 0 Å². The highest BCUT2D eigenvalue weighted by atomic mass is 35.5. The molecular weight excluding hydrogens is 226 g/mol. The minimum absolute atomic E-state index is 0.472. The van der Waals surface area contributed by atoms with Crippen LogP contribution in [0.5, 0.6) is 0 Å². The summed E-state index contributed by atoms with van der Waals surface area (Å²) in [6, 6.07) is 1.66. The number of pyridine rings is 1. The zero-order valence-electron chi connectivity index (χ0n) is 9.87. The van der Waals surface area contributed by atoms with E-state index in [1.54, 1.807) is 26.1 Å². The molecule has 1 aromatic heterocycles. The van der Waals surface area contributed by atoms with Crippen LogP contribution in [-0.4, -0.2) is 28.8 Å². The summed E-state index contributed by atoms with van der Waals surface area (Å²) >= 11 is 6.07. The van der Waals surface area contributed by atoms with E-state index in [9.17, 15) is 5.11 Å². The van der Waals surface area contributed by atoms with Crippen molar-refractivity contribution in [1.82, 2.24) is 4.98 Å². The Kier molecular flexibility index (Phi) is 3.99. The number of nitrogens with zero attached hydrogens (tertiary/aromatic N) is 2. The highest BCUT2D eigenvalue weighted by Gasteiger charge is 2.20. The van der Waals surface area contributed by atoms with Crippen LogP contribution in [0, 0.1) is 0 Å². The summed E-state index contributed by atoms with van der Waals surface area (Å²) in [6.07, 6.45) is 1.56. The fraction of sp³-hybridized carbons (Fsp3) is 0.545. The molecule has 1 heterocycles. The topological polar surface area (TPSA) is 62.4 Å². The van der Waals surface area contributed by atoms with Crippen LogP contribution < -0.4 is 10.6 Å². The summed E-state index contributed by atoms with van der Waals surface area (Å²) in [5.74, 6) is 0.653. The first-order valence-electron chi connectivity index (χ1n) is 5.22. The molecule has 0 aromatic carbocycles. The highest BCUT2D eigenvalue weighted by Crippen LogP contribution is 2.25. The summed E-state index contributed by atoms with van der Waals surface area (Å²) in [7, 11) is 0. The van der Waals surface area contributed by atoms with Gasteiger partial charge in [-0.25, -0.2) is 4.98 Å². The van der Waals surface area contributed by atoms with Gasteiger partial charge in [0.05, 0.1) is 22.5 Å². The molecule has 1 aromatic rings. The monoisotopic (exact) mass is 243 g/mol. The van der Waals surface area contributed by atoms with Gasteiger partial charge in [0.2, 0.25) is 0 Å². The Balaban J connectivity index is 2.95. The Labute approximate surface area is 101 Å². The lowest BCUT2D eigenvalue weighted by Gasteiger charge is -2.29. The molecule has 0 aliphatic carbocycles. The lowest BCUT2D eigenvalue weighted by Crippen LogP contribution is -2.39. The van der Waals surface area contributed by atoms with E-state index < -0.39 is 5.60 Å². The predicted molar refractivity (Wildman–Crippen MR) is 67.8 cm³/mol. The van der Waals surface area contributed by atoms with Crippen molar-refractivity contribution in [3.05, 3.63) is 17.3 Å². The van der Waals surface area contributed by atoms with Gasteiger partial charge < -0.3 is 15.7 Å². The van der Waals surface area contributed by atoms with E-state index in [1.165, 1.54) is 0 Å². The molecule has 90 valence electrons. The van der Waals surface area contributed by atoms with Crippen LogP contribution in [0.3, 0.4) is 0 Å². The van der Waals surface area contributed by atoms with Crippen molar-refractivity contribution in [2.75, 3.05) is 23.7 Å². The first kappa shape index (κ1) is 13.1. The lowest BCUT2D eigenvalue weighted by molar-refractivity contribution is 0.0874. The molecule has 0 spiro atoms. The predicted octanol–water partition coefficient (Wildman–Crippen LogP) is 1.91. The third kappa shape index (κ3) is 3.54. The molecule has 5 heteroatoms. The van der Waals surface area contributed by atoms with Crippen molar-refractivity contribution in [2.45, 2.75) is 26.4 Å². The third-order valence-corrected chi connectivity index (χ3v) is 2.38. The van der Waals surface area contributed by atoms with Crippen molar-refractivity contribution in [1.29, 1.82) is 0 Å². The average molecular weight is 244 g/mol. The zero-order valence-corrected chi connectivity index (χ0v) is 10.6. The number of nitrogen functional groups attached to an aromatic ring is 1. The largest absolute Gasteiger partial charge is 0.397 e. The molecule has 0 saturated heterocycles. The first-order valence-corrected chi connectivity index (χ1v) is 5.59. The van der Waals surface area contributed by atoms with Gasteiger partial charge in [0.25, 0.3) is 0 Å². The maximum absolute atomic E-state index is 9.79. The molecule has 0 amide bonds. The standard InChI is InChI=1S/C11H18ClN3O/c1-4-15(7-11(2,3)16)10-9(12)5-8(13)6-14-10/h5-6,16H,4,7,13H2,1-3H3. The van der Waals surface area contributed by atoms with E-state index >= 15 is 0 Å². The Hall–Kier alpha value is -1.00. The molecule has 16 heavy (non-hydrogen) atoms. The number of anilines is 2. The summed E-state index contributed by atoms with van der Waals surface area (Å²) in [6.45, 7) is 6.68. The number of hydrogen-bond acceptors (Lipinski definition) is 4. The van der Waals surface area contributed by atoms with Crippen LogP contribution in [0.2, 0.25) is 5.02 Å². The molecule has 0 radical (unpaired) electrons. The quantitative estimate of drug-likeness (QED) is 0.848. The van der Waals surface area contributed by atoms with E-state index in [0.717, 1.165) is 6.54 Å².